The third-order valence-corrected chi connectivity index (χ3v) is 2.39. The molecule has 0 N–H and O–H groups in total. The lowest BCUT2D eigenvalue weighted by Gasteiger charge is -2.26. The van der Waals surface area contributed by atoms with Gasteiger partial charge in [0, 0.05) is 20.6 Å². The van der Waals surface area contributed by atoms with Gasteiger partial charge in [0.1, 0.15) is 5.78 Å². The molecule has 0 aliphatic carbocycles. The predicted octanol–water partition coefficient (Wildman–Crippen LogP) is 1.30. The number of rotatable bonds is 8. The topological polar surface area (TPSA) is 61.8 Å². The van der Waals surface area contributed by atoms with Crippen molar-refractivity contribution in [1.29, 1.82) is 0 Å². The van der Waals surface area contributed by atoms with E-state index >= 15 is 0 Å². The third kappa shape index (κ3) is 3.90. The number of Topliss-reactive ketones (excluding diaryl/α,β-unsaturated/α-hetero) is 1. The van der Waals surface area contributed by atoms with E-state index < -0.39 is 11.8 Å². The van der Waals surface area contributed by atoms with Crippen molar-refractivity contribution in [2.45, 2.75) is 38.4 Å². The van der Waals surface area contributed by atoms with Gasteiger partial charge in [-0.1, -0.05) is 13.3 Å². The summed E-state index contributed by atoms with van der Waals surface area (Å²) in [5.74, 6) is -2.36. The van der Waals surface area contributed by atoms with Crippen molar-refractivity contribution < 1.29 is 23.8 Å². The van der Waals surface area contributed by atoms with Gasteiger partial charge in [-0.15, -0.1) is 0 Å². The molecule has 0 bridgehead atoms. The summed E-state index contributed by atoms with van der Waals surface area (Å²) in [4.78, 5) is 23.1. The van der Waals surface area contributed by atoms with Crippen LogP contribution < -0.4 is 0 Å². The molecule has 0 spiro atoms. The fourth-order valence-electron chi connectivity index (χ4n) is 1.34. The molecule has 0 aromatic carbocycles. The molecule has 5 heteroatoms. The first-order valence-corrected chi connectivity index (χ1v) is 5.26. The van der Waals surface area contributed by atoms with Crippen LogP contribution in [-0.2, 0) is 23.8 Å². The summed E-state index contributed by atoms with van der Waals surface area (Å²) in [6, 6.07) is 0. The van der Waals surface area contributed by atoms with Crippen LogP contribution >= 0.6 is 0 Å². The van der Waals surface area contributed by atoms with E-state index in [1.54, 1.807) is 0 Å². The van der Waals surface area contributed by atoms with E-state index in [9.17, 15) is 9.59 Å². The molecule has 0 radical (unpaired) electrons. The first-order valence-electron chi connectivity index (χ1n) is 5.26. The molecular weight excluding hydrogens is 212 g/mol. The van der Waals surface area contributed by atoms with Gasteiger partial charge in [0.15, 0.2) is 0 Å². The fraction of sp³-hybridized carbons (Fsp3) is 0.818. The van der Waals surface area contributed by atoms with Crippen LogP contribution in [0.15, 0.2) is 0 Å². The number of unbranched alkanes of at least 4 members (excludes halogenated alkanes) is 1. The van der Waals surface area contributed by atoms with Gasteiger partial charge in [0.2, 0.25) is 0 Å². The highest BCUT2D eigenvalue weighted by atomic mass is 16.7. The lowest BCUT2D eigenvalue weighted by atomic mass is 10.0. The average Bonchev–Trinajstić information content (AvgIpc) is 2.32. The number of ether oxygens (including phenoxy) is 3. The van der Waals surface area contributed by atoms with E-state index in [0.717, 1.165) is 12.8 Å². The second-order valence-electron chi connectivity index (χ2n) is 3.47. The standard InChI is InChI=1S/C11H20O5/c1-5-6-7-9(12)8-11(15-3,16-4)10(13)14-2/h5-8H2,1-4H3. The summed E-state index contributed by atoms with van der Waals surface area (Å²) < 4.78 is 14.5. The Morgan fingerprint density at radius 1 is 1.12 bits per heavy atom. The maximum Gasteiger partial charge on any atom is 0.367 e. The lowest BCUT2D eigenvalue weighted by molar-refractivity contribution is -0.229. The number of esters is 1. The van der Waals surface area contributed by atoms with Crippen LogP contribution in [0.2, 0.25) is 0 Å². The Morgan fingerprint density at radius 2 is 1.69 bits per heavy atom. The largest absolute Gasteiger partial charge is 0.465 e. The number of hydrogen-bond acceptors (Lipinski definition) is 5. The van der Waals surface area contributed by atoms with Crippen molar-refractivity contribution in [3.8, 4) is 0 Å². The van der Waals surface area contributed by atoms with Gasteiger partial charge >= 0.3 is 5.97 Å². The number of carbonyl (C=O) groups excluding carboxylic acids is 2. The van der Waals surface area contributed by atoms with Gasteiger partial charge < -0.3 is 14.2 Å². The van der Waals surface area contributed by atoms with Crippen LogP contribution in [0.4, 0.5) is 0 Å². The molecule has 94 valence electrons. The van der Waals surface area contributed by atoms with E-state index in [1.165, 1.54) is 21.3 Å². The summed E-state index contributed by atoms with van der Waals surface area (Å²) in [6.45, 7) is 1.99. The number of ketones is 1. The van der Waals surface area contributed by atoms with Gasteiger partial charge in [-0.2, -0.15) is 0 Å². The first-order chi connectivity index (χ1) is 7.56. The highest BCUT2D eigenvalue weighted by Crippen LogP contribution is 2.20. The Labute approximate surface area is 96.1 Å². The summed E-state index contributed by atoms with van der Waals surface area (Å²) >= 11 is 0. The molecule has 0 aromatic rings. The molecular formula is C11H20O5. The summed E-state index contributed by atoms with van der Waals surface area (Å²) in [5, 5.41) is 0. The molecule has 0 fully saturated rings. The molecule has 0 atom stereocenters. The Balaban J connectivity index is 4.54. The summed E-state index contributed by atoms with van der Waals surface area (Å²) in [6.07, 6.45) is 2.02. The van der Waals surface area contributed by atoms with Gasteiger partial charge in [-0.3, -0.25) is 4.79 Å². The van der Waals surface area contributed by atoms with Crippen molar-refractivity contribution in [3.63, 3.8) is 0 Å². The Bertz CT molecular complexity index is 233. The minimum Gasteiger partial charge on any atom is -0.465 e. The number of carbonyl (C=O) groups is 2. The molecule has 0 amide bonds. The number of methoxy groups -OCH3 is 3. The highest BCUT2D eigenvalue weighted by Gasteiger charge is 2.42. The highest BCUT2D eigenvalue weighted by molar-refractivity contribution is 5.87. The maximum absolute atomic E-state index is 11.6. The van der Waals surface area contributed by atoms with Gasteiger partial charge in [0.05, 0.1) is 13.5 Å². The van der Waals surface area contributed by atoms with Crippen LogP contribution in [0.3, 0.4) is 0 Å². The molecule has 0 saturated heterocycles. The normalized spacial score (nSPS) is 11.2. The van der Waals surface area contributed by atoms with Crippen LogP contribution in [0.1, 0.15) is 32.6 Å². The van der Waals surface area contributed by atoms with E-state index in [1.807, 2.05) is 6.92 Å². The third-order valence-electron chi connectivity index (χ3n) is 2.39. The van der Waals surface area contributed by atoms with Crippen LogP contribution in [0, 0.1) is 0 Å². The molecule has 0 rings (SSSR count). The smallest absolute Gasteiger partial charge is 0.367 e. The van der Waals surface area contributed by atoms with E-state index in [4.69, 9.17) is 9.47 Å². The minimum atomic E-state index is -1.60. The summed E-state index contributed by atoms with van der Waals surface area (Å²) in [7, 11) is 3.85. The Morgan fingerprint density at radius 3 is 2.06 bits per heavy atom. The second-order valence-corrected chi connectivity index (χ2v) is 3.47. The Hall–Kier alpha value is -0.940. The van der Waals surface area contributed by atoms with Gasteiger partial charge in [-0.05, 0) is 6.42 Å². The fourth-order valence-corrected chi connectivity index (χ4v) is 1.34. The molecule has 5 nitrogen and oxygen atoms in total. The molecule has 0 heterocycles. The quantitative estimate of drug-likeness (QED) is 0.466. The van der Waals surface area contributed by atoms with E-state index in [2.05, 4.69) is 4.74 Å². The molecule has 0 unspecified atom stereocenters. The summed E-state index contributed by atoms with van der Waals surface area (Å²) in [5.41, 5.74) is 0. The predicted molar refractivity (Wildman–Crippen MR) is 57.9 cm³/mol. The maximum atomic E-state index is 11.6. The molecule has 0 aliphatic rings. The van der Waals surface area contributed by atoms with E-state index in [-0.39, 0.29) is 12.2 Å². The van der Waals surface area contributed by atoms with Crippen molar-refractivity contribution in [2.75, 3.05) is 21.3 Å². The number of hydrogen-bond donors (Lipinski definition) is 0. The van der Waals surface area contributed by atoms with E-state index in [0.29, 0.717) is 6.42 Å². The van der Waals surface area contributed by atoms with Gasteiger partial charge in [0.25, 0.3) is 5.79 Å². The van der Waals surface area contributed by atoms with Crippen LogP contribution in [0.5, 0.6) is 0 Å². The molecule has 16 heavy (non-hydrogen) atoms. The lowest BCUT2D eigenvalue weighted by Crippen LogP contribution is -2.45. The zero-order valence-corrected chi connectivity index (χ0v) is 10.4. The zero-order valence-electron chi connectivity index (χ0n) is 10.4. The van der Waals surface area contributed by atoms with Crippen LogP contribution in [-0.4, -0.2) is 38.9 Å². The average molecular weight is 232 g/mol. The molecule has 0 aromatic heterocycles. The first kappa shape index (κ1) is 15.1. The van der Waals surface area contributed by atoms with Crippen molar-refractivity contribution in [1.82, 2.24) is 0 Å². The molecule has 0 aliphatic heterocycles. The van der Waals surface area contributed by atoms with Crippen LogP contribution in [0.25, 0.3) is 0 Å². The van der Waals surface area contributed by atoms with Crippen molar-refractivity contribution in [3.05, 3.63) is 0 Å². The van der Waals surface area contributed by atoms with Crippen molar-refractivity contribution >= 4 is 11.8 Å². The van der Waals surface area contributed by atoms with Gasteiger partial charge in [-0.25, -0.2) is 4.79 Å². The Kier molecular flexibility index (Phi) is 6.92. The zero-order chi connectivity index (χ0) is 12.6. The molecule has 0 saturated carbocycles. The monoisotopic (exact) mass is 232 g/mol. The SMILES string of the molecule is CCCCC(=O)CC(OC)(OC)C(=O)OC. The second kappa shape index (κ2) is 7.35. The van der Waals surface area contributed by atoms with Crippen molar-refractivity contribution in [2.24, 2.45) is 0 Å². The minimum absolute atomic E-state index is 0.0732.